The third kappa shape index (κ3) is 4.30. The first-order valence-corrected chi connectivity index (χ1v) is 10.7. The molecule has 1 amide bonds. The summed E-state index contributed by atoms with van der Waals surface area (Å²) >= 11 is 6.21. The highest BCUT2D eigenvalue weighted by Crippen LogP contribution is 2.37. The number of piperidine rings is 1. The number of hydrogen-bond donors (Lipinski definition) is 2. The van der Waals surface area contributed by atoms with Gasteiger partial charge in [-0.1, -0.05) is 41.9 Å². The lowest BCUT2D eigenvalue weighted by Gasteiger charge is -2.45. The molecule has 2 aliphatic heterocycles. The van der Waals surface area contributed by atoms with Crippen LogP contribution in [-0.2, 0) is 4.74 Å². The van der Waals surface area contributed by atoms with Gasteiger partial charge in [0, 0.05) is 54.7 Å². The molecule has 7 heteroatoms. The van der Waals surface area contributed by atoms with Gasteiger partial charge in [-0.2, -0.15) is 0 Å². The lowest BCUT2D eigenvalue weighted by Crippen LogP contribution is -2.56. The molecule has 0 bridgehead atoms. The van der Waals surface area contributed by atoms with Crippen molar-refractivity contribution < 1.29 is 14.6 Å². The first-order chi connectivity index (χ1) is 14.5. The van der Waals surface area contributed by atoms with Crippen LogP contribution in [0.1, 0.15) is 43.4 Å². The summed E-state index contributed by atoms with van der Waals surface area (Å²) in [6.45, 7) is 3.30. The number of benzene rings is 2. The van der Waals surface area contributed by atoms with Gasteiger partial charge in [0.25, 0.3) is 0 Å². The van der Waals surface area contributed by atoms with Crippen LogP contribution in [0.3, 0.4) is 0 Å². The molecule has 2 N–H and O–H groups in total. The number of halogens is 1. The van der Waals surface area contributed by atoms with Gasteiger partial charge in [0.2, 0.25) is 0 Å². The summed E-state index contributed by atoms with van der Waals surface area (Å²) in [6.07, 6.45) is 1.70. The molecule has 2 aromatic carbocycles. The fourth-order valence-electron chi connectivity index (χ4n) is 4.23. The Balaban J connectivity index is 1.66. The van der Waals surface area contributed by atoms with Gasteiger partial charge in [0.15, 0.2) is 0 Å². The van der Waals surface area contributed by atoms with Gasteiger partial charge in [0.05, 0.1) is 6.61 Å². The molecule has 1 saturated heterocycles. The van der Waals surface area contributed by atoms with Gasteiger partial charge in [0.1, 0.15) is 11.4 Å². The van der Waals surface area contributed by atoms with E-state index >= 15 is 0 Å². The summed E-state index contributed by atoms with van der Waals surface area (Å²) in [5.41, 5.74) is 2.15. The van der Waals surface area contributed by atoms with E-state index in [9.17, 15) is 9.90 Å². The standard InChI is InChI=1S/C23H26ClN3O3/c1-2-30-22(29)27-12-10-23(11-13-27)25-19(16-6-4-3-5-7-16)15-20(26-23)18-14-17(24)8-9-21(18)28/h3-9,14,19,25,28H,2,10-13,15H2,1H3/t19-/m0/s1. The summed E-state index contributed by atoms with van der Waals surface area (Å²) in [5, 5.41) is 14.8. The summed E-state index contributed by atoms with van der Waals surface area (Å²) < 4.78 is 5.15. The molecule has 158 valence electrons. The van der Waals surface area contributed by atoms with Gasteiger partial charge >= 0.3 is 6.09 Å². The number of likely N-dealkylation sites (tertiary alicyclic amines) is 1. The van der Waals surface area contributed by atoms with E-state index < -0.39 is 5.66 Å². The van der Waals surface area contributed by atoms with E-state index in [0.717, 1.165) is 5.71 Å². The molecule has 0 unspecified atom stereocenters. The number of ether oxygens (including phenoxy) is 1. The molecule has 1 spiro atoms. The number of phenolic OH excluding ortho intramolecular Hbond substituents is 1. The van der Waals surface area contributed by atoms with Crippen molar-refractivity contribution in [1.29, 1.82) is 0 Å². The minimum Gasteiger partial charge on any atom is -0.507 e. The Bertz CT molecular complexity index is 940. The second kappa shape index (κ2) is 8.66. The predicted molar refractivity (Wildman–Crippen MR) is 117 cm³/mol. The highest BCUT2D eigenvalue weighted by atomic mass is 35.5. The van der Waals surface area contributed by atoms with Crippen molar-refractivity contribution >= 4 is 23.4 Å². The van der Waals surface area contributed by atoms with Crippen LogP contribution in [0, 0.1) is 0 Å². The number of amides is 1. The Labute approximate surface area is 181 Å². The Hall–Kier alpha value is -2.57. The van der Waals surface area contributed by atoms with Gasteiger partial charge in [-0.15, -0.1) is 0 Å². The highest BCUT2D eigenvalue weighted by molar-refractivity contribution is 6.31. The Morgan fingerprint density at radius 1 is 1.27 bits per heavy atom. The molecule has 2 aromatic rings. The normalized spacial score (nSPS) is 20.7. The molecule has 0 saturated carbocycles. The fourth-order valence-corrected chi connectivity index (χ4v) is 4.40. The van der Waals surface area contributed by atoms with Crippen LogP contribution < -0.4 is 5.32 Å². The minimum absolute atomic E-state index is 0.0474. The van der Waals surface area contributed by atoms with E-state index in [-0.39, 0.29) is 17.9 Å². The molecule has 0 aliphatic carbocycles. The van der Waals surface area contributed by atoms with Crippen LogP contribution in [0.2, 0.25) is 5.02 Å². The zero-order chi connectivity index (χ0) is 21.1. The lowest BCUT2D eigenvalue weighted by atomic mass is 9.87. The molecule has 0 aromatic heterocycles. The maximum absolute atomic E-state index is 12.1. The number of carbonyl (C=O) groups excluding carboxylic acids is 1. The molecule has 2 aliphatic rings. The first kappa shape index (κ1) is 20.7. The van der Waals surface area contributed by atoms with Crippen molar-refractivity contribution in [2.24, 2.45) is 4.99 Å². The second-order valence-electron chi connectivity index (χ2n) is 7.75. The number of phenols is 1. The fraction of sp³-hybridized carbons (Fsp3) is 0.391. The molecule has 6 nitrogen and oxygen atoms in total. The van der Waals surface area contributed by atoms with E-state index in [1.807, 2.05) is 25.1 Å². The smallest absolute Gasteiger partial charge is 0.409 e. The number of rotatable bonds is 3. The molecule has 4 rings (SSSR count). The molecule has 0 radical (unpaired) electrons. The Kier molecular flexibility index (Phi) is 5.97. The number of nitrogens with zero attached hydrogens (tertiary/aromatic N) is 2. The van der Waals surface area contributed by atoms with Crippen molar-refractivity contribution in [1.82, 2.24) is 10.2 Å². The van der Waals surface area contributed by atoms with E-state index in [1.54, 1.807) is 23.1 Å². The summed E-state index contributed by atoms with van der Waals surface area (Å²) in [4.78, 5) is 18.9. The molecular formula is C23H26ClN3O3. The molecular weight excluding hydrogens is 402 g/mol. The number of nitrogens with one attached hydrogen (secondary N) is 1. The highest BCUT2D eigenvalue weighted by Gasteiger charge is 2.41. The Morgan fingerprint density at radius 3 is 2.70 bits per heavy atom. The lowest BCUT2D eigenvalue weighted by molar-refractivity contribution is 0.0779. The maximum Gasteiger partial charge on any atom is 0.409 e. The topological polar surface area (TPSA) is 74.2 Å². The van der Waals surface area contributed by atoms with Gasteiger partial charge in [-0.3, -0.25) is 10.3 Å². The van der Waals surface area contributed by atoms with Crippen molar-refractivity contribution in [3.8, 4) is 5.75 Å². The Morgan fingerprint density at radius 2 is 2.00 bits per heavy atom. The number of aliphatic imine (C=N–C) groups is 1. The zero-order valence-corrected chi connectivity index (χ0v) is 17.7. The summed E-state index contributed by atoms with van der Waals surface area (Å²) in [6, 6.07) is 15.3. The maximum atomic E-state index is 12.1. The van der Waals surface area contributed by atoms with Crippen molar-refractivity contribution in [2.75, 3.05) is 19.7 Å². The minimum atomic E-state index is -0.508. The molecule has 1 atom stereocenters. The molecule has 2 heterocycles. The molecule has 30 heavy (non-hydrogen) atoms. The van der Waals surface area contributed by atoms with Crippen LogP contribution in [0.25, 0.3) is 0 Å². The number of carbonyl (C=O) groups is 1. The first-order valence-electron chi connectivity index (χ1n) is 10.3. The van der Waals surface area contributed by atoms with Crippen molar-refractivity contribution in [3.05, 3.63) is 64.7 Å². The number of hydrogen-bond acceptors (Lipinski definition) is 5. The summed E-state index contributed by atoms with van der Waals surface area (Å²) in [7, 11) is 0. The monoisotopic (exact) mass is 427 g/mol. The average Bonchev–Trinajstić information content (AvgIpc) is 2.76. The van der Waals surface area contributed by atoms with Crippen molar-refractivity contribution in [3.63, 3.8) is 0 Å². The molecule has 1 fully saturated rings. The van der Waals surface area contributed by atoms with Crippen LogP contribution in [0.4, 0.5) is 4.79 Å². The van der Waals surface area contributed by atoms with Crippen LogP contribution >= 0.6 is 11.6 Å². The van der Waals surface area contributed by atoms with Gasteiger partial charge in [-0.25, -0.2) is 4.79 Å². The van der Waals surface area contributed by atoms with E-state index in [1.165, 1.54) is 5.56 Å². The van der Waals surface area contributed by atoms with Crippen LogP contribution in [0.5, 0.6) is 5.75 Å². The summed E-state index contributed by atoms with van der Waals surface area (Å²) in [5.74, 6) is 0.172. The van der Waals surface area contributed by atoms with Crippen LogP contribution in [-0.4, -0.2) is 47.2 Å². The van der Waals surface area contributed by atoms with Crippen molar-refractivity contribution in [2.45, 2.75) is 37.9 Å². The predicted octanol–water partition coefficient (Wildman–Crippen LogP) is 4.52. The largest absolute Gasteiger partial charge is 0.507 e. The quantitative estimate of drug-likeness (QED) is 0.755. The van der Waals surface area contributed by atoms with E-state index in [0.29, 0.717) is 49.5 Å². The SMILES string of the molecule is CCOC(=O)N1CCC2(CC1)N=C(c1cc(Cl)ccc1O)C[C@@H](c1ccccc1)N2. The van der Waals surface area contributed by atoms with Crippen LogP contribution in [0.15, 0.2) is 53.5 Å². The average molecular weight is 428 g/mol. The van der Waals surface area contributed by atoms with E-state index in [4.69, 9.17) is 21.3 Å². The second-order valence-corrected chi connectivity index (χ2v) is 8.19. The van der Waals surface area contributed by atoms with E-state index in [2.05, 4.69) is 17.4 Å². The number of aromatic hydroxyl groups is 1. The third-order valence-corrected chi connectivity index (χ3v) is 6.01. The van der Waals surface area contributed by atoms with Gasteiger partial charge in [-0.05, 0) is 30.7 Å². The zero-order valence-electron chi connectivity index (χ0n) is 17.0. The van der Waals surface area contributed by atoms with Gasteiger partial charge < -0.3 is 14.7 Å². The third-order valence-electron chi connectivity index (χ3n) is 5.78.